The van der Waals surface area contributed by atoms with Crippen molar-refractivity contribution in [1.29, 1.82) is 0 Å². The highest BCUT2D eigenvalue weighted by molar-refractivity contribution is 5.85. The molecule has 1 N–H and O–H groups in total. The molecule has 2 rings (SSSR count). The highest BCUT2D eigenvalue weighted by Crippen LogP contribution is 2.33. The van der Waals surface area contributed by atoms with E-state index in [9.17, 15) is 13.2 Å². The topological polar surface area (TPSA) is 21.3 Å². The lowest BCUT2D eigenvalue weighted by Gasteiger charge is -2.38. The monoisotopic (exact) mass is 295 g/mol. The Bertz CT molecular complexity index is 428. The molecule has 6 heteroatoms. The van der Waals surface area contributed by atoms with Crippen LogP contribution < -0.4 is 5.32 Å². The van der Waals surface area contributed by atoms with Crippen LogP contribution in [0.25, 0.3) is 0 Å². The van der Waals surface area contributed by atoms with Crippen LogP contribution in [0.15, 0.2) is 24.3 Å². The second-order valence-electron chi connectivity index (χ2n) is 4.91. The van der Waals surface area contributed by atoms with Crippen molar-refractivity contribution in [3.8, 4) is 0 Å². The maximum absolute atomic E-state index is 12.7. The van der Waals surface area contributed by atoms with E-state index in [0.717, 1.165) is 18.7 Å². The van der Waals surface area contributed by atoms with Crippen molar-refractivity contribution in [2.75, 3.05) is 13.2 Å². The molecular weight excluding hydrogens is 279 g/mol. The van der Waals surface area contributed by atoms with E-state index in [0.29, 0.717) is 18.1 Å². The summed E-state index contributed by atoms with van der Waals surface area (Å²) >= 11 is 0. The lowest BCUT2D eigenvalue weighted by Crippen LogP contribution is -2.50. The molecule has 1 saturated heterocycles. The van der Waals surface area contributed by atoms with E-state index in [1.807, 2.05) is 6.92 Å². The van der Waals surface area contributed by atoms with Gasteiger partial charge in [0.05, 0.1) is 12.2 Å². The molecule has 0 bridgehead atoms. The third-order valence-electron chi connectivity index (χ3n) is 3.19. The molecule has 0 radical (unpaired) electrons. The lowest BCUT2D eigenvalue weighted by atomic mass is 9.98. The SMILES string of the molecule is CC1CNC(C)(c2cccc(C(F)(F)F)c2)OC1.Cl. The Kier molecular flexibility index (Phi) is 4.87. The molecule has 0 aromatic heterocycles. The molecule has 2 unspecified atom stereocenters. The van der Waals surface area contributed by atoms with Crippen LogP contribution in [0.2, 0.25) is 0 Å². The van der Waals surface area contributed by atoms with E-state index >= 15 is 0 Å². The van der Waals surface area contributed by atoms with Gasteiger partial charge in [0.1, 0.15) is 5.72 Å². The van der Waals surface area contributed by atoms with Crippen molar-refractivity contribution >= 4 is 12.4 Å². The number of hydrogen-bond acceptors (Lipinski definition) is 2. The molecule has 1 aliphatic rings. The molecule has 1 aliphatic heterocycles. The number of benzene rings is 1. The lowest BCUT2D eigenvalue weighted by molar-refractivity contribution is -0.138. The number of nitrogens with one attached hydrogen (secondary N) is 1. The van der Waals surface area contributed by atoms with Crippen molar-refractivity contribution in [1.82, 2.24) is 5.32 Å². The van der Waals surface area contributed by atoms with E-state index < -0.39 is 17.5 Å². The average molecular weight is 296 g/mol. The summed E-state index contributed by atoms with van der Waals surface area (Å²) in [6.45, 7) is 5.06. The van der Waals surface area contributed by atoms with Gasteiger partial charge in [0.25, 0.3) is 0 Å². The standard InChI is InChI=1S/C13H16F3NO.ClH/c1-9-7-17-12(2,18-8-9)10-4-3-5-11(6-10)13(14,15)16;/h3-6,9,17H,7-8H2,1-2H3;1H. The summed E-state index contributed by atoms with van der Waals surface area (Å²) in [5.41, 5.74) is -0.984. The molecule has 108 valence electrons. The molecule has 2 nitrogen and oxygen atoms in total. The van der Waals surface area contributed by atoms with Crippen LogP contribution in [-0.2, 0) is 16.6 Å². The Morgan fingerprint density at radius 3 is 2.58 bits per heavy atom. The molecule has 0 saturated carbocycles. The first-order chi connectivity index (χ1) is 8.31. The Balaban J connectivity index is 0.00000180. The average Bonchev–Trinajstić information content (AvgIpc) is 2.32. The molecule has 1 aromatic carbocycles. The Morgan fingerprint density at radius 2 is 2.05 bits per heavy atom. The summed E-state index contributed by atoms with van der Waals surface area (Å²) in [6, 6.07) is 5.27. The third-order valence-corrected chi connectivity index (χ3v) is 3.19. The number of hydrogen-bond donors (Lipinski definition) is 1. The Morgan fingerprint density at radius 1 is 1.37 bits per heavy atom. The zero-order chi connectivity index (χ0) is 13.4. The van der Waals surface area contributed by atoms with Gasteiger partial charge < -0.3 is 4.74 Å². The van der Waals surface area contributed by atoms with E-state index in [-0.39, 0.29) is 12.4 Å². The second kappa shape index (κ2) is 5.69. The third kappa shape index (κ3) is 3.61. The largest absolute Gasteiger partial charge is 0.416 e. The van der Waals surface area contributed by atoms with Gasteiger partial charge in [-0.3, -0.25) is 5.32 Å². The van der Waals surface area contributed by atoms with Gasteiger partial charge in [0, 0.05) is 6.54 Å². The summed E-state index contributed by atoms with van der Waals surface area (Å²) in [5, 5.41) is 3.15. The molecule has 0 aliphatic carbocycles. The van der Waals surface area contributed by atoms with Crippen molar-refractivity contribution in [2.45, 2.75) is 25.7 Å². The number of halogens is 4. The molecule has 0 spiro atoms. The van der Waals surface area contributed by atoms with Gasteiger partial charge >= 0.3 is 6.18 Å². The highest BCUT2D eigenvalue weighted by atomic mass is 35.5. The molecule has 2 atom stereocenters. The van der Waals surface area contributed by atoms with E-state index in [1.54, 1.807) is 13.0 Å². The minimum Gasteiger partial charge on any atom is -0.356 e. The van der Waals surface area contributed by atoms with E-state index in [4.69, 9.17) is 4.74 Å². The maximum Gasteiger partial charge on any atom is 0.416 e. The normalized spacial score (nSPS) is 27.7. The predicted molar refractivity (Wildman–Crippen MR) is 69.2 cm³/mol. The molecule has 0 amide bonds. The molecule has 1 heterocycles. The highest BCUT2D eigenvalue weighted by Gasteiger charge is 2.35. The fourth-order valence-electron chi connectivity index (χ4n) is 1.97. The van der Waals surface area contributed by atoms with Gasteiger partial charge in [-0.2, -0.15) is 13.2 Å². The fourth-order valence-corrected chi connectivity index (χ4v) is 1.97. The van der Waals surface area contributed by atoms with Crippen molar-refractivity contribution in [3.05, 3.63) is 35.4 Å². The van der Waals surface area contributed by atoms with Crippen molar-refractivity contribution in [3.63, 3.8) is 0 Å². The van der Waals surface area contributed by atoms with Crippen LogP contribution in [-0.4, -0.2) is 13.2 Å². The van der Waals surface area contributed by atoms with Crippen LogP contribution >= 0.6 is 12.4 Å². The van der Waals surface area contributed by atoms with Crippen LogP contribution in [0, 0.1) is 5.92 Å². The van der Waals surface area contributed by atoms with Gasteiger partial charge in [0.15, 0.2) is 0 Å². The van der Waals surface area contributed by atoms with Crippen LogP contribution in [0.4, 0.5) is 13.2 Å². The Labute approximate surface area is 116 Å². The summed E-state index contributed by atoms with van der Waals surface area (Å²) in [5.74, 6) is 0.365. The first kappa shape index (κ1) is 16.3. The van der Waals surface area contributed by atoms with Crippen LogP contribution in [0.5, 0.6) is 0 Å². The molecular formula is C13H17ClF3NO. The number of ether oxygens (including phenoxy) is 1. The smallest absolute Gasteiger partial charge is 0.356 e. The zero-order valence-corrected chi connectivity index (χ0v) is 11.6. The maximum atomic E-state index is 12.7. The quantitative estimate of drug-likeness (QED) is 0.855. The van der Waals surface area contributed by atoms with Crippen molar-refractivity contribution in [2.24, 2.45) is 5.92 Å². The van der Waals surface area contributed by atoms with Gasteiger partial charge in [0.2, 0.25) is 0 Å². The van der Waals surface area contributed by atoms with Gasteiger partial charge in [-0.25, -0.2) is 0 Å². The second-order valence-corrected chi connectivity index (χ2v) is 4.91. The minimum atomic E-state index is -4.33. The van der Waals surface area contributed by atoms with Crippen LogP contribution in [0.3, 0.4) is 0 Å². The minimum absolute atomic E-state index is 0. The number of rotatable bonds is 1. The van der Waals surface area contributed by atoms with Gasteiger partial charge in [-0.05, 0) is 30.5 Å². The van der Waals surface area contributed by atoms with Crippen LogP contribution in [0.1, 0.15) is 25.0 Å². The molecule has 19 heavy (non-hydrogen) atoms. The molecule has 1 fully saturated rings. The van der Waals surface area contributed by atoms with Gasteiger partial charge in [-0.15, -0.1) is 12.4 Å². The Hall–Kier alpha value is -0.780. The summed E-state index contributed by atoms with van der Waals surface area (Å²) < 4.78 is 43.6. The summed E-state index contributed by atoms with van der Waals surface area (Å²) in [7, 11) is 0. The zero-order valence-electron chi connectivity index (χ0n) is 10.8. The first-order valence-corrected chi connectivity index (χ1v) is 5.88. The van der Waals surface area contributed by atoms with Gasteiger partial charge in [-0.1, -0.05) is 19.1 Å². The number of alkyl halides is 3. The molecule has 1 aromatic rings. The predicted octanol–water partition coefficient (Wildman–Crippen LogP) is 3.56. The van der Waals surface area contributed by atoms with E-state index in [2.05, 4.69) is 5.32 Å². The first-order valence-electron chi connectivity index (χ1n) is 5.88. The van der Waals surface area contributed by atoms with E-state index in [1.165, 1.54) is 6.07 Å². The fraction of sp³-hybridized carbons (Fsp3) is 0.538. The van der Waals surface area contributed by atoms with Crippen molar-refractivity contribution < 1.29 is 17.9 Å². The summed E-state index contributed by atoms with van der Waals surface area (Å²) in [4.78, 5) is 0. The summed E-state index contributed by atoms with van der Waals surface area (Å²) in [6.07, 6.45) is -4.33.